The molecule has 136 valence electrons. The monoisotopic (exact) mass is 352 g/mol. The van der Waals surface area contributed by atoms with Crippen molar-refractivity contribution in [3.05, 3.63) is 65.2 Å². The average Bonchev–Trinajstić information content (AvgIpc) is 2.67. The molecule has 5 nitrogen and oxygen atoms in total. The third-order valence-electron chi connectivity index (χ3n) is 4.95. The number of rotatable bonds is 4. The van der Waals surface area contributed by atoms with Crippen LogP contribution in [0.2, 0.25) is 0 Å². The zero-order valence-electron chi connectivity index (χ0n) is 15.4. The fourth-order valence-electron chi connectivity index (χ4n) is 3.45. The first-order valence-electron chi connectivity index (χ1n) is 8.78. The minimum Gasteiger partial charge on any atom is -0.497 e. The Bertz CT molecular complexity index is 818. The Kier molecular flexibility index (Phi) is 5.26. The first-order chi connectivity index (χ1) is 12.5. The van der Waals surface area contributed by atoms with Gasteiger partial charge in [-0.25, -0.2) is 0 Å². The molecule has 0 fully saturated rings. The van der Waals surface area contributed by atoms with Gasteiger partial charge in [-0.05, 0) is 42.7 Å². The number of carbonyl (C=O) groups is 2. The topological polar surface area (TPSA) is 49.9 Å². The zero-order chi connectivity index (χ0) is 18.7. The smallest absolute Gasteiger partial charge is 0.254 e. The van der Waals surface area contributed by atoms with E-state index in [1.165, 1.54) is 16.0 Å². The van der Waals surface area contributed by atoms with Gasteiger partial charge in [0.15, 0.2) is 0 Å². The number of likely N-dealkylation sites (N-methyl/N-ethyl adjacent to an activating group) is 1. The van der Waals surface area contributed by atoms with Crippen molar-refractivity contribution < 1.29 is 14.3 Å². The van der Waals surface area contributed by atoms with Crippen molar-refractivity contribution in [3.8, 4) is 5.75 Å². The highest BCUT2D eigenvalue weighted by atomic mass is 16.5. The molecule has 0 N–H and O–H groups in total. The molecular formula is C21H24N2O3. The van der Waals surface area contributed by atoms with Crippen LogP contribution in [0.3, 0.4) is 0 Å². The van der Waals surface area contributed by atoms with Crippen LogP contribution in [0, 0.1) is 0 Å². The Morgan fingerprint density at radius 1 is 1.19 bits per heavy atom. The van der Waals surface area contributed by atoms with Crippen LogP contribution in [0.4, 0.5) is 0 Å². The molecule has 0 aliphatic carbocycles. The quantitative estimate of drug-likeness (QED) is 0.850. The van der Waals surface area contributed by atoms with Gasteiger partial charge in [-0.2, -0.15) is 0 Å². The van der Waals surface area contributed by atoms with Gasteiger partial charge in [0.1, 0.15) is 5.75 Å². The van der Waals surface area contributed by atoms with E-state index in [0.717, 1.165) is 6.42 Å². The summed E-state index contributed by atoms with van der Waals surface area (Å²) in [5.41, 5.74) is 3.00. The number of methoxy groups -OCH3 is 1. The summed E-state index contributed by atoms with van der Waals surface area (Å²) in [6.07, 6.45) is 0.847. The van der Waals surface area contributed by atoms with E-state index in [-0.39, 0.29) is 24.4 Å². The minimum atomic E-state index is -0.192. The second kappa shape index (κ2) is 7.60. The lowest BCUT2D eigenvalue weighted by molar-refractivity contribution is -0.134. The molecule has 1 heterocycles. The molecule has 0 saturated carbocycles. The van der Waals surface area contributed by atoms with E-state index in [4.69, 9.17) is 4.74 Å². The molecule has 1 aliphatic rings. The summed E-state index contributed by atoms with van der Waals surface area (Å²) in [5.74, 6) is 0.393. The predicted octanol–water partition coefficient (Wildman–Crippen LogP) is 2.91. The van der Waals surface area contributed by atoms with Crippen molar-refractivity contribution in [2.45, 2.75) is 19.4 Å². The van der Waals surface area contributed by atoms with Crippen molar-refractivity contribution in [3.63, 3.8) is 0 Å². The van der Waals surface area contributed by atoms with Crippen LogP contribution < -0.4 is 4.74 Å². The highest BCUT2D eigenvalue weighted by Gasteiger charge is 2.28. The normalized spacial score (nSPS) is 16.0. The number of benzene rings is 2. The number of fused-ring (bicyclic) bond motifs is 1. The van der Waals surface area contributed by atoms with E-state index in [0.29, 0.717) is 17.9 Å². The van der Waals surface area contributed by atoms with Gasteiger partial charge in [-0.15, -0.1) is 0 Å². The van der Waals surface area contributed by atoms with Gasteiger partial charge in [-0.3, -0.25) is 9.59 Å². The molecule has 3 rings (SSSR count). The molecule has 0 aromatic heterocycles. The summed E-state index contributed by atoms with van der Waals surface area (Å²) in [4.78, 5) is 28.7. The highest BCUT2D eigenvalue weighted by molar-refractivity contribution is 5.96. The van der Waals surface area contributed by atoms with E-state index in [1.807, 2.05) is 24.0 Å². The van der Waals surface area contributed by atoms with E-state index >= 15 is 0 Å². The Morgan fingerprint density at radius 3 is 2.73 bits per heavy atom. The van der Waals surface area contributed by atoms with Crippen LogP contribution in [-0.2, 0) is 11.2 Å². The minimum absolute atomic E-state index is 0.0211. The van der Waals surface area contributed by atoms with Crippen molar-refractivity contribution in [1.29, 1.82) is 0 Å². The molecule has 0 bridgehead atoms. The van der Waals surface area contributed by atoms with E-state index in [2.05, 4.69) is 12.1 Å². The van der Waals surface area contributed by atoms with E-state index < -0.39 is 0 Å². The lowest BCUT2D eigenvalue weighted by Crippen LogP contribution is -2.45. The van der Waals surface area contributed by atoms with Crippen molar-refractivity contribution >= 4 is 11.8 Å². The molecule has 1 aliphatic heterocycles. The number of ether oxygens (including phenoxy) is 1. The summed E-state index contributed by atoms with van der Waals surface area (Å²) in [5, 5.41) is 0. The summed E-state index contributed by atoms with van der Waals surface area (Å²) in [6, 6.07) is 15.2. The Labute approximate surface area is 154 Å². The molecule has 5 heteroatoms. The summed E-state index contributed by atoms with van der Waals surface area (Å²) in [7, 11) is 3.22. The molecule has 0 saturated heterocycles. The van der Waals surface area contributed by atoms with Gasteiger partial charge in [-0.1, -0.05) is 30.3 Å². The predicted molar refractivity (Wildman–Crippen MR) is 100 cm³/mol. The van der Waals surface area contributed by atoms with Gasteiger partial charge >= 0.3 is 0 Å². The lowest BCUT2D eigenvalue weighted by atomic mass is 9.93. The van der Waals surface area contributed by atoms with Crippen LogP contribution in [0.5, 0.6) is 5.75 Å². The summed E-state index contributed by atoms with van der Waals surface area (Å²) < 4.78 is 5.16. The maximum absolute atomic E-state index is 12.8. The fraction of sp³-hybridized carbons (Fsp3) is 0.333. The third-order valence-corrected chi connectivity index (χ3v) is 4.95. The standard InChI is InChI=1S/C21H24N2O3/c1-15-19-10-5-4-7-16(19)11-12-23(15)20(24)14-22(2)21(25)17-8-6-9-18(13-17)26-3/h4-10,13,15H,11-12,14H2,1-3H3. The van der Waals surface area contributed by atoms with Gasteiger partial charge in [0.05, 0.1) is 19.7 Å². The first-order valence-corrected chi connectivity index (χ1v) is 8.78. The van der Waals surface area contributed by atoms with Crippen molar-refractivity contribution in [1.82, 2.24) is 9.80 Å². The van der Waals surface area contributed by atoms with Crippen LogP contribution >= 0.6 is 0 Å². The molecule has 2 amide bonds. The lowest BCUT2D eigenvalue weighted by Gasteiger charge is -2.36. The zero-order valence-corrected chi connectivity index (χ0v) is 15.4. The van der Waals surface area contributed by atoms with Crippen molar-refractivity contribution in [2.24, 2.45) is 0 Å². The molecule has 2 aromatic carbocycles. The van der Waals surface area contributed by atoms with Gasteiger partial charge < -0.3 is 14.5 Å². The van der Waals surface area contributed by atoms with Gasteiger partial charge in [0.25, 0.3) is 5.91 Å². The maximum Gasteiger partial charge on any atom is 0.254 e. The van der Waals surface area contributed by atoms with E-state index in [1.54, 1.807) is 38.4 Å². The number of carbonyl (C=O) groups excluding carboxylic acids is 2. The Morgan fingerprint density at radius 2 is 1.96 bits per heavy atom. The van der Waals surface area contributed by atoms with Gasteiger partial charge in [0, 0.05) is 19.2 Å². The number of amides is 2. The Hall–Kier alpha value is -2.82. The van der Waals surface area contributed by atoms with Crippen LogP contribution in [-0.4, -0.2) is 48.9 Å². The van der Waals surface area contributed by atoms with Crippen LogP contribution in [0.1, 0.15) is 34.5 Å². The summed E-state index contributed by atoms with van der Waals surface area (Å²) >= 11 is 0. The number of nitrogens with zero attached hydrogens (tertiary/aromatic N) is 2. The maximum atomic E-state index is 12.8. The SMILES string of the molecule is COc1cccc(C(=O)N(C)CC(=O)N2CCc3ccccc3C2C)c1. The van der Waals surface area contributed by atoms with Crippen LogP contribution in [0.15, 0.2) is 48.5 Å². The van der Waals surface area contributed by atoms with Gasteiger partial charge in [0.2, 0.25) is 5.91 Å². The highest BCUT2D eigenvalue weighted by Crippen LogP contribution is 2.29. The summed E-state index contributed by atoms with van der Waals surface area (Å²) in [6.45, 7) is 2.78. The number of hydrogen-bond donors (Lipinski definition) is 0. The van der Waals surface area contributed by atoms with E-state index in [9.17, 15) is 9.59 Å². The third kappa shape index (κ3) is 3.57. The van der Waals surface area contributed by atoms with Crippen molar-refractivity contribution in [2.75, 3.05) is 27.2 Å². The Balaban J connectivity index is 1.68. The van der Waals surface area contributed by atoms with Crippen LogP contribution in [0.25, 0.3) is 0 Å². The molecular weight excluding hydrogens is 328 g/mol. The molecule has 0 radical (unpaired) electrons. The second-order valence-corrected chi connectivity index (χ2v) is 6.61. The molecule has 1 atom stereocenters. The molecule has 1 unspecified atom stereocenters. The average molecular weight is 352 g/mol. The second-order valence-electron chi connectivity index (χ2n) is 6.61. The number of hydrogen-bond acceptors (Lipinski definition) is 3. The molecule has 0 spiro atoms. The molecule has 26 heavy (non-hydrogen) atoms. The first kappa shape index (κ1) is 18.0. The fourth-order valence-corrected chi connectivity index (χ4v) is 3.45. The molecule has 2 aromatic rings. The largest absolute Gasteiger partial charge is 0.497 e.